The van der Waals surface area contributed by atoms with Crippen molar-refractivity contribution in [1.29, 1.82) is 5.26 Å². The molecule has 0 fully saturated rings. The summed E-state index contributed by atoms with van der Waals surface area (Å²) in [6.45, 7) is 0. The van der Waals surface area contributed by atoms with Crippen LogP contribution in [0, 0.1) is 11.3 Å². The molecule has 0 saturated carbocycles. The van der Waals surface area contributed by atoms with Crippen molar-refractivity contribution >= 4 is 22.7 Å². The Labute approximate surface area is 192 Å². The van der Waals surface area contributed by atoms with E-state index >= 15 is 0 Å². The van der Waals surface area contributed by atoms with Crippen molar-refractivity contribution in [2.24, 2.45) is 10.2 Å². The molecule has 0 aliphatic rings. The molecule has 5 rings (SSSR count). The lowest BCUT2D eigenvalue weighted by atomic mass is 10.1. The van der Waals surface area contributed by atoms with Gasteiger partial charge in [0.25, 0.3) is 0 Å². The van der Waals surface area contributed by atoms with E-state index in [4.69, 9.17) is 5.26 Å². The van der Waals surface area contributed by atoms with Crippen molar-refractivity contribution in [2.45, 2.75) is 0 Å². The zero-order valence-electron chi connectivity index (χ0n) is 17.2. The predicted molar refractivity (Wildman–Crippen MR) is 128 cm³/mol. The highest BCUT2D eigenvalue weighted by atomic mass is 32.1. The van der Waals surface area contributed by atoms with Crippen molar-refractivity contribution in [2.75, 3.05) is 0 Å². The van der Waals surface area contributed by atoms with Crippen molar-refractivity contribution in [3.63, 3.8) is 0 Å². The summed E-state index contributed by atoms with van der Waals surface area (Å²) in [5.41, 5.74) is 3.86. The number of thiazole rings is 1. The minimum Gasteiger partial charge on any atom is -0.286 e. The Morgan fingerprint density at radius 1 is 0.909 bits per heavy atom. The van der Waals surface area contributed by atoms with Gasteiger partial charge in [-0.15, -0.1) is 16.5 Å². The summed E-state index contributed by atoms with van der Waals surface area (Å²) in [4.78, 5) is 18.0. The zero-order chi connectivity index (χ0) is 22.6. The normalized spacial score (nSPS) is 11.0. The fraction of sp³-hybridized carbons (Fsp3) is 0. The summed E-state index contributed by atoms with van der Waals surface area (Å²) in [6, 6.07) is 28.1. The minimum atomic E-state index is -0.358. The standard InChI is InChI=1S/C25H16N6OS/c26-15-17-8-7-13-20(14-17)28-29-23-22(19-11-5-2-6-12-19)30-31(24(23)32)25-27-21(16-33-25)18-9-3-1-4-10-18/h1-14,16,30H. The van der Waals surface area contributed by atoms with Gasteiger partial charge in [-0.25, -0.2) is 4.98 Å². The first kappa shape index (κ1) is 20.3. The van der Waals surface area contributed by atoms with Crippen LogP contribution in [0.2, 0.25) is 0 Å². The van der Waals surface area contributed by atoms with Crippen LogP contribution in [-0.4, -0.2) is 14.8 Å². The molecule has 0 unspecified atom stereocenters. The van der Waals surface area contributed by atoms with Crippen molar-refractivity contribution < 1.29 is 0 Å². The SMILES string of the molecule is N#Cc1cccc(N=Nc2c(-c3ccccc3)[nH]n(-c3nc(-c4ccccc4)cs3)c2=O)c1. The van der Waals surface area contributed by atoms with Crippen LogP contribution < -0.4 is 5.56 Å². The molecule has 2 aromatic heterocycles. The van der Waals surface area contributed by atoms with Gasteiger partial charge in [0.1, 0.15) is 0 Å². The van der Waals surface area contributed by atoms with Crippen LogP contribution >= 0.6 is 11.3 Å². The van der Waals surface area contributed by atoms with Gasteiger partial charge in [-0.05, 0) is 18.2 Å². The minimum absolute atomic E-state index is 0.167. The highest BCUT2D eigenvalue weighted by Gasteiger charge is 2.19. The Bertz CT molecular complexity index is 1540. The van der Waals surface area contributed by atoms with E-state index in [1.165, 1.54) is 16.0 Å². The Morgan fingerprint density at radius 2 is 1.64 bits per heavy atom. The van der Waals surface area contributed by atoms with Crippen LogP contribution in [-0.2, 0) is 0 Å². The van der Waals surface area contributed by atoms with Crippen LogP contribution in [0.4, 0.5) is 11.4 Å². The van der Waals surface area contributed by atoms with Crippen LogP contribution in [0.15, 0.2) is 105 Å². The third kappa shape index (κ3) is 4.13. The van der Waals surface area contributed by atoms with Gasteiger partial charge in [0, 0.05) is 16.5 Å². The first-order chi connectivity index (χ1) is 16.2. The summed E-state index contributed by atoms with van der Waals surface area (Å²) >= 11 is 1.36. The molecule has 0 atom stereocenters. The van der Waals surface area contributed by atoms with E-state index in [-0.39, 0.29) is 11.2 Å². The van der Waals surface area contributed by atoms with Gasteiger partial charge in [-0.2, -0.15) is 15.1 Å². The molecule has 0 aliphatic carbocycles. The molecule has 1 N–H and O–H groups in total. The number of H-pyrrole nitrogens is 1. The molecular formula is C25H16N6OS. The molecule has 0 saturated heterocycles. The lowest BCUT2D eigenvalue weighted by molar-refractivity contribution is 0.843. The number of aromatic nitrogens is 3. The summed E-state index contributed by atoms with van der Waals surface area (Å²) in [6.07, 6.45) is 0. The van der Waals surface area contributed by atoms with E-state index in [1.54, 1.807) is 24.3 Å². The van der Waals surface area contributed by atoms with E-state index in [1.807, 2.05) is 66.0 Å². The second-order valence-electron chi connectivity index (χ2n) is 7.09. The second-order valence-corrected chi connectivity index (χ2v) is 7.92. The van der Waals surface area contributed by atoms with Gasteiger partial charge in [0.15, 0.2) is 5.69 Å². The van der Waals surface area contributed by atoms with Gasteiger partial charge < -0.3 is 0 Å². The maximum absolute atomic E-state index is 13.3. The molecule has 7 nitrogen and oxygen atoms in total. The molecular weight excluding hydrogens is 432 g/mol. The lowest BCUT2D eigenvalue weighted by Gasteiger charge is -1.99. The Kier molecular flexibility index (Phi) is 5.45. The first-order valence-electron chi connectivity index (χ1n) is 10.1. The van der Waals surface area contributed by atoms with Crippen molar-refractivity contribution in [3.8, 4) is 33.7 Å². The third-order valence-corrected chi connectivity index (χ3v) is 5.75. The maximum Gasteiger partial charge on any atom is 0.301 e. The Hall–Kier alpha value is -4.61. The van der Waals surface area contributed by atoms with Crippen LogP contribution in [0.25, 0.3) is 27.6 Å². The average Bonchev–Trinajstić information content (AvgIpc) is 3.49. The molecule has 33 heavy (non-hydrogen) atoms. The number of rotatable bonds is 5. The number of hydrogen-bond donors (Lipinski definition) is 1. The number of hydrogen-bond acceptors (Lipinski definition) is 6. The maximum atomic E-state index is 13.3. The quantitative estimate of drug-likeness (QED) is 0.322. The topological polar surface area (TPSA) is 99.2 Å². The zero-order valence-corrected chi connectivity index (χ0v) is 18.0. The molecule has 8 heteroatoms. The number of nitrogens with one attached hydrogen (secondary N) is 1. The van der Waals surface area contributed by atoms with E-state index in [9.17, 15) is 4.79 Å². The second kappa shape index (κ2) is 8.86. The fourth-order valence-corrected chi connectivity index (χ4v) is 4.11. The molecule has 0 spiro atoms. The third-order valence-electron chi connectivity index (χ3n) is 4.92. The number of benzene rings is 3. The van der Waals surface area contributed by atoms with E-state index in [0.717, 1.165) is 16.8 Å². The smallest absolute Gasteiger partial charge is 0.286 e. The van der Waals surface area contributed by atoms with Gasteiger partial charge >= 0.3 is 5.56 Å². The molecule has 3 aromatic carbocycles. The van der Waals surface area contributed by atoms with Crippen LogP contribution in [0.5, 0.6) is 0 Å². The molecule has 0 aliphatic heterocycles. The molecule has 158 valence electrons. The summed E-state index contributed by atoms with van der Waals surface area (Å²) in [7, 11) is 0. The number of azo groups is 1. The average molecular weight is 449 g/mol. The summed E-state index contributed by atoms with van der Waals surface area (Å²) in [5, 5.41) is 23.2. The molecule has 0 radical (unpaired) electrons. The van der Waals surface area contributed by atoms with Crippen molar-refractivity contribution in [1.82, 2.24) is 14.8 Å². The van der Waals surface area contributed by atoms with E-state index in [2.05, 4.69) is 26.4 Å². The molecule has 0 bridgehead atoms. The van der Waals surface area contributed by atoms with E-state index < -0.39 is 0 Å². The summed E-state index contributed by atoms with van der Waals surface area (Å²) in [5.74, 6) is 0. The molecule has 0 amide bonds. The van der Waals surface area contributed by atoms with Crippen LogP contribution in [0.3, 0.4) is 0 Å². The number of aromatic amines is 1. The van der Waals surface area contributed by atoms with Gasteiger partial charge in [0.05, 0.1) is 28.7 Å². The molecule has 5 aromatic rings. The lowest BCUT2D eigenvalue weighted by Crippen LogP contribution is -2.13. The highest BCUT2D eigenvalue weighted by molar-refractivity contribution is 7.12. The van der Waals surface area contributed by atoms with Crippen molar-refractivity contribution in [3.05, 3.63) is 106 Å². The predicted octanol–water partition coefficient (Wildman–Crippen LogP) is 6.24. The molecule has 2 heterocycles. The van der Waals surface area contributed by atoms with Crippen LogP contribution in [0.1, 0.15) is 5.56 Å². The Balaban J connectivity index is 1.60. The van der Waals surface area contributed by atoms with Gasteiger partial charge in [-0.1, -0.05) is 66.7 Å². The first-order valence-corrected chi connectivity index (χ1v) is 10.9. The largest absolute Gasteiger partial charge is 0.301 e. The number of nitrogens with zero attached hydrogens (tertiary/aromatic N) is 5. The highest BCUT2D eigenvalue weighted by Crippen LogP contribution is 2.30. The number of nitriles is 1. The summed E-state index contributed by atoms with van der Waals surface area (Å²) < 4.78 is 1.39. The monoisotopic (exact) mass is 448 g/mol. The van der Waals surface area contributed by atoms with Gasteiger partial charge in [-0.3, -0.25) is 9.89 Å². The fourth-order valence-electron chi connectivity index (χ4n) is 3.32. The van der Waals surface area contributed by atoms with E-state index in [0.29, 0.717) is 22.1 Å². The van der Waals surface area contributed by atoms with Gasteiger partial charge in [0.2, 0.25) is 5.13 Å². The Morgan fingerprint density at radius 3 is 2.36 bits per heavy atom.